The van der Waals surface area contributed by atoms with E-state index in [-0.39, 0.29) is 17.1 Å². The lowest BCUT2D eigenvalue weighted by molar-refractivity contribution is 0.571. The predicted octanol–water partition coefficient (Wildman–Crippen LogP) is 4.27. The number of halogens is 2. The molecule has 0 unspecified atom stereocenters. The Kier molecular flexibility index (Phi) is 5.36. The van der Waals surface area contributed by atoms with Crippen LogP contribution in [0.2, 0.25) is 0 Å². The van der Waals surface area contributed by atoms with Crippen molar-refractivity contribution < 1.29 is 17.2 Å². The van der Waals surface area contributed by atoms with Crippen molar-refractivity contribution in [2.75, 3.05) is 10.8 Å². The Labute approximate surface area is 135 Å². The molecule has 3 nitrogen and oxygen atoms in total. The van der Waals surface area contributed by atoms with E-state index in [1.54, 1.807) is 12.1 Å². The average molecular weight is 339 g/mol. The van der Waals surface area contributed by atoms with E-state index in [2.05, 4.69) is 0 Å². The van der Waals surface area contributed by atoms with Gasteiger partial charge in [-0.25, -0.2) is 17.2 Å². The van der Waals surface area contributed by atoms with Gasteiger partial charge in [0.15, 0.2) is 0 Å². The molecule has 0 aliphatic carbocycles. The number of anilines is 1. The highest BCUT2D eigenvalue weighted by atomic mass is 32.2. The largest absolute Gasteiger partial charge is 0.264 e. The Hall–Kier alpha value is -1.95. The van der Waals surface area contributed by atoms with Crippen LogP contribution in [0.1, 0.15) is 25.3 Å². The Morgan fingerprint density at radius 3 is 2.26 bits per heavy atom. The van der Waals surface area contributed by atoms with Gasteiger partial charge in [-0.05, 0) is 37.6 Å². The summed E-state index contributed by atoms with van der Waals surface area (Å²) in [6, 6.07) is 9.26. The number of benzene rings is 2. The van der Waals surface area contributed by atoms with E-state index in [0.717, 1.165) is 28.4 Å². The average Bonchev–Trinajstić information content (AvgIpc) is 2.49. The van der Waals surface area contributed by atoms with Crippen LogP contribution in [0.3, 0.4) is 0 Å². The van der Waals surface area contributed by atoms with Crippen LogP contribution >= 0.6 is 0 Å². The third-order valence-electron chi connectivity index (χ3n) is 3.50. The van der Waals surface area contributed by atoms with Crippen molar-refractivity contribution >= 4 is 15.7 Å². The number of rotatable bonds is 6. The van der Waals surface area contributed by atoms with E-state index in [0.29, 0.717) is 12.5 Å². The summed E-state index contributed by atoms with van der Waals surface area (Å²) in [6.45, 7) is 3.90. The molecule has 23 heavy (non-hydrogen) atoms. The van der Waals surface area contributed by atoms with Crippen LogP contribution in [0.4, 0.5) is 14.5 Å². The normalized spacial score (nSPS) is 11.5. The summed E-state index contributed by atoms with van der Waals surface area (Å²) in [4.78, 5) is 0.0860. The fourth-order valence-corrected chi connectivity index (χ4v) is 3.70. The van der Waals surface area contributed by atoms with Crippen LogP contribution in [-0.2, 0) is 10.0 Å². The van der Waals surface area contributed by atoms with Crippen molar-refractivity contribution in [1.82, 2.24) is 0 Å². The zero-order valence-electron chi connectivity index (χ0n) is 13.1. The molecule has 0 aliphatic rings. The lowest BCUT2D eigenvalue weighted by Crippen LogP contribution is -2.32. The second-order valence-electron chi connectivity index (χ2n) is 5.34. The van der Waals surface area contributed by atoms with Gasteiger partial charge < -0.3 is 0 Å². The smallest absolute Gasteiger partial charge is 0.263 e. The molecule has 0 aromatic heterocycles. The molecule has 2 rings (SSSR count). The first-order chi connectivity index (χ1) is 10.9. The van der Waals surface area contributed by atoms with Gasteiger partial charge in [-0.1, -0.05) is 31.0 Å². The van der Waals surface area contributed by atoms with Gasteiger partial charge in [-0.2, -0.15) is 0 Å². The molecule has 0 radical (unpaired) electrons. The van der Waals surface area contributed by atoms with E-state index >= 15 is 0 Å². The van der Waals surface area contributed by atoms with Crippen molar-refractivity contribution in [2.24, 2.45) is 0 Å². The summed E-state index contributed by atoms with van der Waals surface area (Å²) in [5.74, 6) is -1.63. The van der Waals surface area contributed by atoms with Gasteiger partial charge in [0.1, 0.15) is 11.6 Å². The lowest BCUT2D eigenvalue weighted by Gasteiger charge is -2.25. The summed E-state index contributed by atoms with van der Waals surface area (Å²) < 4.78 is 53.9. The van der Waals surface area contributed by atoms with Crippen LogP contribution in [0.15, 0.2) is 47.4 Å². The summed E-state index contributed by atoms with van der Waals surface area (Å²) in [6.07, 6.45) is 1.32. The van der Waals surface area contributed by atoms with E-state index < -0.39 is 21.7 Å². The number of hydrogen-bond acceptors (Lipinski definition) is 2. The highest BCUT2D eigenvalue weighted by Gasteiger charge is 2.26. The van der Waals surface area contributed by atoms with Gasteiger partial charge >= 0.3 is 0 Å². The molecule has 0 atom stereocenters. The van der Waals surface area contributed by atoms with Gasteiger partial charge in [-0.15, -0.1) is 0 Å². The van der Waals surface area contributed by atoms with Crippen molar-refractivity contribution in [3.05, 3.63) is 59.7 Å². The second kappa shape index (κ2) is 7.08. The highest BCUT2D eigenvalue weighted by Crippen LogP contribution is 2.27. The molecule has 6 heteroatoms. The first-order valence-electron chi connectivity index (χ1n) is 7.40. The number of aryl methyl sites for hydroxylation is 1. The van der Waals surface area contributed by atoms with Crippen molar-refractivity contribution in [1.29, 1.82) is 0 Å². The fourth-order valence-electron chi connectivity index (χ4n) is 2.19. The Balaban J connectivity index is 2.50. The minimum atomic E-state index is -3.91. The van der Waals surface area contributed by atoms with Gasteiger partial charge in [0, 0.05) is 12.6 Å². The molecule has 0 amide bonds. The maximum atomic E-state index is 14.1. The first-order valence-corrected chi connectivity index (χ1v) is 8.84. The highest BCUT2D eigenvalue weighted by molar-refractivity contribution is 7.92. The minimum Gasteiger partial charge on any atom is -0.263 e. The molecular weight excluding hydrogens is 320 g/mol. The summed E-state index contributed by atoms with van der Waals surface area (Å²) in [7, 11) is -3.91. The number of nitrogens with zero attached hydrogens (tertiary/aromatic N) is 1. The molecule has 0 spiro atoms. The van der Waals surface area contributed by atoms with Gasteiger partial charge in [0.2, 0.25) is 0 Å². The molecule has 0 bridgehead atoms. The molecule has 124 valence electrons. The molecule has 0 heterocycles. The quantitative estimate of drug-likeness (QED) is 0.788. The summed E-state index contributed by atoms with van der Waals surface area (Å²) in [5.41, 5.74) is 0.789. The zero-order valence-corrected chi connectivity index (χ0v) is 13.9. The standard InChI is InChI=1S/C17H19F2NO2S/c1-3-4-11-20(17-10-7-14(18)12-16(17)19)23(21,22)15-8-5-13(2)6-9-15/h5-10,12H,3-4,11H2,1-2H3. The molecule has 0 aliphatic heterocycles. The van der Waals surface area contributed by atoms with Gasteiger partial charge in [0.25, 0.3) is 10.0 Å². The number of sulfonamides is 1. The van der Waals surface area contributed by atoms with E-state index in [9.17, 15) is 17.2 Å². The molecule has 0 fully saturated rings. The topological polar surface area (TPSA) is 37.4 Å². The SMILES string of the molecule is CCCCN(c1ccc(F)cc1F)S(=O)(=O)c1ccc(C)cc1. The second-order valence-corrected chi connectivity index (χ2v) is 7.20. The van der Waals surface area contributed by atoms with Crippen molar-refractivity contribution in [3.63, 3.8) is 0 Å². The predicted molar refractivity (Wildman–Crippen MR) is 87.0 cm³/mol. The van der Waals surface area contributed by atoms with E-state index in [4.69, 9.17) is 0 Å². The monoisotopic (exact) mass is 339 g/mol. The Morgan fingerprint density at radius 1 is 1.04 bits per heavy atom. The van der Waals surface area contributed by atoms with Gasteiger partial charge in [-0.3, -0.25) is 4.31 Å². The van der Waals surface area contributed by atoms with Crippen LogP contribution in [0, 0.1) is 18.6 Å². The lowest BCUT2D eigenvalue weighted by atomic mass is 10.2. The third-order valence-corrected chi connectivity index (χ3v) is 5.33. The molecule has 0 saturated carbocycles. The van der Waals surface area contributed by atoms with Crippen LogP contribution in [0.25, 0.3) is 0 Å². The molecule has 2 aromatic rings. The molecule has 0 N–H and O–H groups in total. The summed E-state index contributed by atoms with van der Waals surface area (Å²) >= 11 is 0. The molecule has 0 saturated heterocycles. The number of unbranched alkanes of at least 4 members (excludes halogenated alkanes) is 1. The van der Waals surface area contributed by atoms with E-state index in [1.807, 2.05) is 13.8 Å². The first kappa shape index (κ1) is 17.4. The van der Waals surface area contributed by atoms with Crippen molar-refractivity contribution in [2.45, 2.75) is 31.6 Å². The maximum Gasteiger partial charge on any atom is 0.264 e. The van der Waals surface area contributed by atoms with Crippen LogP contribution in [0.5, 0.6) is 0 Å². The Morgan fingerprint density at radius 2 is 1.70 bits per heavy atom. The van der Waals surface area contributed by atoms with E-state index in [1.165, 1.54) is 12.1 Å². The van der Waals surface area contributed by atoms with Crippen LogP contribution < -0.4 is 4.31 Å². The fraction of sp³-hybridized carbons (Fsp3) is 0.294. The minimum absolute atomic E-state index is 0.0860. The molecular formula is C17H19F2NO2S. The third kappa shape index (κ3) is 3.88. The van der Waals surface area contributed by atoms with Gasteiger partial charge in [0.05, 0.1) is 10.6 Å². The zero-order chi connectivity index (χ0) is 17.0. The molecule has 2 aromatic carbocycles. The van der Waals surface area contributed by atoms with Crippen LogP contribution in [-0.4, -0.2) is 15.0 Å². The van der Waals surface area contributed by atoms with Crippen molar-refractivity contribution in [3.8, 4) is 0 Å². The number of hydrogen-bond donors (Lipinski definition) is 0. The summed E-state index contributed by atoms with van der Waals surface area (Å²) in [5, 5.41) is 0. The maximum absolute atomic E-state index is 14.1. The Bertz CT molecular complexity index is 774.